The number of amides is 1. The Bertz CT molecular complexity index is 804. The van der Waals surface area contributed by atoms with Crippen molar-refractivity contribution in [3.63, 3.8) is 0 Å². The number of nitrogens with zero attached hydrogens (tertiary/aromatic N) is 1. The monoisotopic (exact) mass is 362 g/mol. The van der Waals surface area contributed by atoms with E-state index in [-0.39, 0.29) is 11.9 Å². The lowest BCUT2D eigenvalue weighted by Crippen LogP contribution is -2.17. The van der Waals surface area contributed by atoms with Crippen molar-refractivity contribution in [3.05, 3.63) is 52.1 Å². The fourth-order valence-electron chi connectivity index (χ4n) is 2.29. The maximum absolute atomic E-state index is 12.5. The minimum atomic E-state index is -0.0935. The van der Waals surface area contributed by atoms with Crippen molar-refractivity contribution in [2.24, 2.45) is 0 Å². The molecule has 0 aliphatic carbocycles. The molecule has 0 aliphatic rings. The third-order valence-corrected chi connectivity index (χ3v) is 4.65. The first-order valence-electron chi connectivity index (χ1n) is 6.70. The van der Waals surface area contributed by atoms with E-state index in [2.05, 4.69) is 46.5 Å². The van der Waals surface area contributed by atoms with E-state index >= 15 is 0 Å². The Labute approximate surface area is 135 Å². The predicted octanol–water partition coefficient (Wildman–Crippen LogP) is 5.30. The van der Waals surface area contributed by atoms with Crippen LogP contribution in [0.2, 0.25) is 0 Å². The Morgan fingerprint density at radius 1 is 1.29 bits per heavy atom. The summed E-state index contributed by atoms with van der Waals surface area (Å²) in [7, 11) is 0. The number of halogens is 1. The summed E-state index contributed by atoms with van der Waals surface area (Å²) in [5.41, 5.74) is 1.47. The highest BCUT2D eigenvalue weighted by atomic mass is 79.9. The zero-order chi connectivity index (χ0) is 15.0. The molecule has 3 nitrogen and oxygen atoms in total. The molecule has 0 unspecified atom stereocenters. The Kier molecular flexibility index (Phi) is 3.87. The minimum Gasteiger partial charge on any atom is -0.340 e. The lowest BCUT2D eigenvalue weighted by Gasteiger charge is -2.12. The summed E-state index contributed by atoms with van der Waals surface area (Å²) < 4.78 is 4.10. The number of carbonyl (C=O) groups excluding carboxylic acids is 1. The normalized spacial score (nSPS) is 11.2. The minimum absolute atomic E-state index is 0.0935. The first-order valence-corrected chi connectivity index (χ1v) is 8.38. The Hall–Kier alpha value is -1.59. The SMILES string of the molecule is CC(C)n1cc(Br)cc1C(=O)Nc1ccc2sccc2c1. The zero-order valence-electron chi connectivity index (χ0n) is 11.8. The standard InChI is InChI=1S/C16H15BrN2OS/c1-10(2)19-9-12(17)8-14(19)16(20)18-13-3-4-15-11(7-13)5-6-21-15/h3-10H,1-2H3,(H,18,20). The van der Waals surface area contributed by atoms with Gasteiger partial charge in [-0.1, -0.05) is 0 Å². The molecule has 0 saturated heterocycles. The van der Waals surface area contributed by atoms with Gasteiger partial charge in [-0.25, -0.2) is 0 Å². The molecule has 108 valence electrons. The number of rotatable bonds is 3. The van der Waals surface area contributed by atoms with E-state index in [0.717, 1.165) is 15.5 Å². The summed E-state index contributed by atoms with van der Waals surface area (Å²) in [5.74, 6) is -0.0935. The molecule has 0 aliphatic heterocycles. The molecular formula is C16H15BrN2OS. The number of fused-ring (bicyclic) bond motifs is 1. The first-order chi connectivity index (χ1) is 10.0. The molecule has 3 rings (SSSR count). The van der Waals surface area contributed by atoms with Crippen LogP contribution in [0.15, 0.2) is 46.4 Å². The van der Waals surface area contributed by atoms with Crippen molar-refractivity contribution in [1.29, 1.82) is 0 Å². The quantitative estimate of drug-likeness (QED) is 0.673. The molecule has 3 aromatic rings. The van der Waals surface area contributed by atoms with E-state index in [1.54, 1.807) is 11.3 Å². The van der Waals surface area contributed by atoms with Gasteiger partial charge in [-0.2, -0.15) is 0 Å². The third-order valence-electron chi connectivity index (χ3n) is 3.31. The smallest absolute Gasteiger partial charge is 0.272 e. The lowest BCUT2D eigenvalue weighted by atomic mass is 10.2. The summed E-state index contributed by atoms with van der Waals surface area (Å²) >= 11 is 5.13. The van der Waals surface area contributed by atoms with Gasteiger partial charge in [0, 0.05) is 27.1 Å². The largest absolute Gasteiger partial charge is 0.340 e. The van der Waals surface area contributed by atoms with Crippen molar-refractivity contribution < 1.29 is 4.79 Å². The Morgan fingerprint density at radius 2 is 2.10 bits per heavy atom. The van der Waals surface area contributed by atoms with Gasteiger partial charge in [-0.15, -0.1) is 11.3 Å². The van der Waals surface area contributed by atoms with Crippen LogP contribution in [0, 0.1) is 0 Å². The second-order valence-electron chi connectivity index (χ2n) is 5.17. The molecule has 1 aromatic carbocycles. The van der Waals surface area contributed by atoms with Crippen LogP contribution < -0.4 is 5.32 Å². The second kappa shape index (κ2) is 5.66. The average molecular weight is 363 g/mol. The Balaban J connectivity index is 1.88. The molecule has 0 atom stereocenters. The van der Waals surface area contributed by atoms with Crippen LogP contribution in [-0.4, -0.2) is 10.5 Å². The van der Waals surface area contributed by atoms with E-state index in [0.29, 0.717) is 5.69 Å². The van der Waals surface area contributed by atoms with Crippen LogP contribution >= 0.6 is 27.3 Å². The molecule has 1 amide bonds. The summed E-state index contributed by atoms with van der Waals surface area (Å²) in [6.45, 7) is 4.11. The highest BCUT2D eigenvalue weighted by Crippen LogP contribution is 2.25. The van der Waals surface area contributed by atoms with Crippen LogP contribution in [0.1, 0.15) is 30.4 Å². The van der Waals surface area contributed by atoms with Gasteiger partial charge in [0.25, 0.3) is 5.91 Å². The highest BCUT2D eigenvalue weighted by Gasteiger charge is 2.15. The molecule has 0 bridgehead atoms. The second-order valence-corrected chi connectivity index (χ2v) is 7.04. The molecule has 2 aromatic heterocycles. The number of hydrogen-bond acceptors (Lipinski definition) is 2. The van der Waals surface area contributed by atoms with Gasteiger partial charge in [0.2, 0.25) is 0 Å². The molecule has 2 heterocycles. The van der Waals surface area contributed by atoms with Crippen LogP contribution in [0.4, 0.5) is 5.69 Å². The fraction of sp³-hybridized carbons (Fsp3) is 0.188. The predicted molar refractivity (Wildman–Crippen MR) is 92.3 cm³/mol. The number of thiophene rings is 1. The van der Waals surface area contributed by atoms with Gasteiger partial charge in [0.1, 0.15) is 5.69 Å². The van der Waals surface area contributed by atoms with Crippen molar-refractivity contribution >= 4 is 48.9 Å². The summed E-state index contributed by atoms with van der Waals surface area (Å²) in [6, 6.07) is 10.1. The molecule has 0 spiro atoms. The molecular weight excluding hydrogens is 348 g/mol. The van der Waals surface area contributed by atoms with Gasteiger partial charge in [-0.05, 0) is 70.9 Å². The van der Waals surface area contributed by atoms with Crippen molar-refractivity contribution in [2.75, 3.05) is 5.32 Å². The van der Waals surface area contributed by atoms with Gasteiger partial charge < -0.3 is 9.88 Å². The number of carbonyl (C=O) groups is 1. The molecule has 21 heavy (non-hydrogen) atoms. The van der Waals surface area contributed by atoms with Crippen molar-refractivity contribution in [2.45, 2.75) is 19.9 Å². The first kappa shape index (κ1) is 14.4. The van der Waals surface area contributed by atoms with Crippen molar-refractivity contribution in [1.82, 2.24) is 4.57 Å². The molecule has 0 saturated carbocycles. The number of aromatic nitrogens is 1. The summed E-state index contributed by atoms with van der Waals surface area (Å²) in [5, 5.41) is 6.18. The molecule has 5 heteroatoms. The van der Waals surface area contributed by atoms with Gasteiger partial charge in [-0.3, -0.25) is 4.79 Å². The van der Waals surface area contributed by atoms with Gasteiger partial charge in [0.05, 0.1) is 0 Å². The fourth-order valence-corrected chi connectivity index (χ4v) is 3.50. The van der Waals surface area contributed by atoms with E-state index < -0.39 is 0 Å². The van der Waals surface area contributed by atoms with Crippen LogP contribution in [0.3, 0.4) is 0 Å². The third kappa shape index (κ3) is 2.89. The van der Waals surface area contributed by atoms with E-state index in [1.165, 1.54) is 4.70 Å². The molecule has 0 radical (unpaired) electrons. The van der Waals surface area contributed by atoms with E-state index in [4.69, 9.17) is 0 Å². The number of nitrogens with one attached hydrogen (secondary N) is 1. The average Bonchev–Trinajstić information content (AvgIpc) is 3.04. The zero-order valence-corrected chi connectivity index (χ0v) is 14.2. The summed E-state index contributed by atoms with van der Waals surface area (Å²) in [6.07, 6.45) is 1.93. The number of hydrogen-bond donors (Lipinski definition) is 1. The van der Waals surface area contributed by atoms with Crippen LogP contribution in [-0.2, 0) is 0 Å². The number of benzene rings is 1. The Morgan fingerprint density at radius 3 is 2.86 bits per heavy atom. The summed E-state index contributed by atoms with van der Waals surface area (Å²) in [4.78, 5) is 12.5. The van der Waals surface area contributed by atoms with E-state index in [1.807, 2.05) is 35.0 Å². The van der Waals surface area contributed by atoms with Gasteiger partial charge >= 0.3 is 0 Å². The van der Waals surface area contributed by atoms with Crippen LogP contribution in [0.5, 0.6) is 0 Å². The van der Waals surface area contributed by atoms with Gasteiger partial charge in [0.15, 0.2) is 0 Å². The topological polar surface area (TPSA) is 34.0 Å². The van der Waals surface area contributed by atoms with E-state index in [9.17, 15) is 4.79 Å². The van der Waals surface area contributed by atoms with Crippen LogP contribution in [0.25, 0.3) is 10.1 Å². The number of anilines is 1. The highest BCUT2D eigenvalue weighted by molar-refractivity contribution is 9.10. The molecule has 0 fully saturated rings. The maximum Gasteiger partial charge on any atom is 0.272 e. The van der Waals surface area contributed by atoms with Crippen molar-refractivity contribution in [3.8, 4) is 0 Å². The molecule has 1 N–H and O–H groups in total. The lowest BCUT2D eigenvalue weighted by molar-refractivity contribution is 0.101. The maximum atomic E-state index is 12.5.